The van der Waals surface area contributed by atoms with E-state index in [1.165, 1.54) is 6.42 Å². The van der Waals surface area contributed by atoms with Crippen molar-refractivity contribution in [1.29, 1.82) is 0 Å². The van der Waals surface area contributed by atoms with E-state index in [-0.39, 0.29) is 17.7 Å². The molecule has 1 unspecified atom stereocenters. The lowest BCUT2D eigenvalue weighted by molar-refractivity contribution is -0.130. The zero-order valence-electron chi connectivity index (χ0n) is 14.8. The standard InChI is InChI=1S/C18H32N4O2/c23-17(6-8-20-18(24)15-4-2-1-3-5-15)22-11-7-16(14-22)21-12-9-19-10-13-21/h15-16,19H,1-14H2,(H,20,24). The van der Waals surface area contributed by atoms with Crippen LogP contribution in [-0.4, -0.2) is 73.5 Å². The molecule has 2 saturated heterocycles. The molecule has 0 radical (unpaired) electrons. The summed E-state index contributed by atoms with van der Waals surface area (Å²) in [4.78, 5) is 29.0. The lowest BCUT2D eigenvalue weighted by Gasteiger charge is -2.32. The van der Waals surface area contributed by atoms with Gasteiger partial charge in [-0.1, -0.05) is 19.3 Å². The van der Waals surface area contributed by atoms with Crippen molar-refractivity contribution >= 4 is 11.8 Å². The lowest BCUT2D eigenvalue weighted by Crippen LogP contribution is -2.49. The Morgan fingerprint density at radius 2 is 1.75 bits per heavy atom. The van der Waals surface area contributed by atoms with Crippen LogP contribution in [0.1, 0.15) is 44.9 Å². The van der Waals surface area contributed by atoms with Crippen LogP contribution in [0, 0.1) is 5.92 Å². The summed E-state index contributed by atoms with van der Waals surface area (Å²) in [7, 11) is 0. The zero-order valence-corrected chi connectivity index (χ0v) is 14.8. The van der Waals surface area contributed by atoms with Crippen molar-refractivity contribution in [2.45, 2.75) is 51.0 Å². The summed E-state index contributed by atoms with van der Waals surface area (Å²) in [6.45, 7) is 6.49. The molecular weight excluding hydrogens is 304 g/mol. The molecule has 6 heteroatoms. The Bertz CT molecular complexity index is 431. The Labute approximate surface area is 145 Å². The van der Waals surface area contributed by atoms with E-state index in [2.05, 4.69) is 15.5 Å². The number of nitrogens with one attached hydrogen (secondary N) is 2. The summed E-state index contributed by atoms with van der Waals surface area (Å²) in [6.07, 6.45) is 7.13. The molecule has 2 heterocycles. The van der Waals surface area contributed by atoms with Crippen LogP contribution in [0.5, 0.6) is 0 Å². The Morgan fingerprint density at radius 3 is 2.50 bits per heavy atom. The zero-order chi connectivity index (χ0) is 16.8. The summed E-state index contributed by atoms with van der Waals surface area (Å²) in [5.41, 5.74) is 0. The monoisotopic (exact) mass is 336 g/mol. The molecule has 6 nitrogen and oxygen atoms in total. The first-order valence-corrected chi connectivity index (χ1v) is 9.74. The van der Waals surface area contributed by atoms with Crippen molar-refractivity contribution in [3.05, 3.63) is 0 Å². The van der Waals surface area contributed by atoms with Gasteiger partial charge < -0.3 is 15.5 Å². The highest BCUT2D eigenvalue weighted by Crippen LogP contribution is 2.23. The van der Waals surface area contributed by atoms with Gasteiger partial charge >= 0.3 is 0 Å². The largest absolute Gasteiger partial charge is 0.355 e. The molecule has 24 heavy (non-hydrogen) atoms. The molecule has 0 aromatic rings. The molecule has 136 valence electrons. The summed E-state index contributed by atoms with van der Waals surface area (Å²) in [5, 5.41) is 6.35. The summed E-state index contributed by atoms with van der Waals surface area (Å²) in [6, 6.07) is 0.521. The van der Waals surface area contributed by atoms with E-state index in [0.717, 1.165) is 71.4 Å². The molecule has 3 rings (SSSR count). The third-order valence-corrected chi connectivity index (χ3v) is 5.80. The third-order valence-electron chi connectivity index (χ3n) is 5.80. The van der Waals surface area contributed by atoms with Crippen LogP contribution in [0.25, 0.3) is 0 Å². The number of hydrogen-bond acceptors (Lipinski definition) is 4. The second kappa shape index (κ2) is 8.81. The van der Waals surface area contributed by atoms with Crippen molar-refractivity contribution in [2.24, 2.45) is 5.92 Å². The average molecular weight is 336 g/mol. The van der Waals surface area contributed by atoms with Gasteiger partial charge in [0.05, 0.1) is 0 Å². The minimum Gasteiger partial charge on any atom is -0.355 e. The molecule has 3 fully saturated rings. The van der Waals surface area contributed by atoms with Gasteiger partial charge in [0.25, 0.3) is 0 Å². The summed E-state index contributed by atoms with van der Waals surface area (Å²) in [5.74, 6) is 0.525. The Hall–Kier alpha value is -1.14. The van der Waals surface area contributed by atoms with E-state index in [0.29, 0.717) is 19.0 Å². The number of rotatable bonds is 5. The predicted molar refractivity (Wildman–Crippen MR) is 93.6 cm³/mol. The molecule has 1 aliphatic carbocycles. The molecule has 1 saturated carbocycles. The number of carbonyl (C=O) groups excluding carboxylic acids is 2. The second-order valence-corrected chi connectivity index (χ2v) is 7.44. The highest BCUT2D eigenvalue weighted by atomic mass is 16.2. The van der Waals surface area contributed by atoms with Crippen LogP contribution in [0.4, 0.5) is 0 Å². The van der Waals surface area contributed by atoms with Crippen molar-refractivity contribution in [1.82, 2.24) is 20.4 Å². The van der Waals surface area contributed by atoms with Gasteiger partial charge in [-0.15, -0.1) is 0 Å². The van der Waals surface area contributed by atoms with Crippen molar-refractivity contribution in [2.75, 3.05) is 45.8 Å². The molecule has 1 atom stereocenters. The van der Waals surface area contributed by atoms with Gasteiger partial charge in [0, 0.05) is 64.2 Å². The number of hydrogen-bond donors (Lipinski definition) is 2. The van der Waals surface area contributed by atoms with E-state index in [4.69, 9.17) is 0 Å². The van der Waals surface area contributed by atoms with E-state index in [9.17, 15) is 9.59 Å². The maximum Gasteiger partial charge on any atom is 0.224 e. The molecule has 2 aliphatic heterocycles. The maximum atomic E-state index is 12.4. The van der Waals surface area contributed by atoms with Gasteiger partial charge in [0.15, 0.2) is 0 Å². The highest BCUT2D eigenvalue weighted by molar-refractivity contribution is 5.80. The van der Waals surface area contributed by atoms with E-state index in [1.807, 2.05) is 4.90 Å². The fraction of sp³-hybridized carbons (Fsp3) is 0.889. The van der Waals surface area contributed by atoms with Gasteiger partial charge in [-0.05, 0) is 19.3 Å². The van der Waals surface area contributed by atoms with Gasteiger partial charge in [-0.2, -0.15) is 0 Å². The fourth-order valence-electron chi connectivity index (χ4n) is 4.27. The molecule has 2 N–H and O–H groups in total. The lowest BCUT2D eigenvalue weighted by atomic mass is 9.89. The molecule has 0 spiro atoms. The predicted octanol–water partition coefficient (Wildman–Crippen LogP) is 0.579. The van der Waals surface area contributed by atoms with E-state index >= 15 is 0 Å². The van der Waals surface area contributed by atoms with Crippen LogP contribution < -0.4 is 10.6 Å². The minimum absolute atomic E-state index is 0.155. The van der Waals surface area contributed by atoms with Gasteiger partial charge in [0.2, 0.25) is 11.8 Å². The number of piperazine rings is 1. The molecule has 0 aromatic carbocycles. The van der Waals surface area contributed by atoms with E-state index in [1.54, 1.807) is 0 Å². The van der Waals surface area contributed by atoms with Crippen molar-refractivity contribution in [3.8, 4) is 0 Å². The first-order chi connectivity index (χ1) is 11.7. The molecule has 3 aliphatic rings. The smallest absolute Gasteiger partial charge is 0.224 e. The quantitative estimate of drug-likeness (QED) is 0.771. The number of likely N-dealkylation sites (tertiary alicyclic amines) is 1. The number of nitrogens with zero attached hydrogens (tertiary/aromatic N) is 2. The first kappa shape index (κ1) is 17.7. The Kier molecular flexibility index (Phi) is 6.49. The molecule has 0 bridgehead atoms. The normalized spacial score (nSPS) is 26.5. The SMILES string of the molecule is O=C(NCCC(=O)N1CCC(N2CCNCC2)C1)C1CCCCC1. The van der Waals surface area contributed by atoms with Crippen LogP contribution in [0.3, 0.4) is 0 Å². The minimum atomic E-state index is 0.155. The second-order valence-electron chi connectivity index (χ2n) is 7.44. The van der Waals surface area contributed by atoms with E-state index < -0.39 is 0 Å². The average Bonchev–Trinajstić information content (AvgIpc) is 3.13. The first-order valence-electron chi connectivity index (χ1n) is 9.74. The number of carbonyl (C=O) groups is 2. The van der Waals surface area contributed by atoms with Gasteiger partial charge in [-0.3, -0.25) is 14.5 Å². The van der Waals surface area contributed by atoms with Crippen LogP contribution in [0.2, 0.25) is 0 Å². The van der Waals surface area contributed by atoms with Crippen LogP contribution in [0.15, 0.2) is 0 Å². The maximum absolute atomic E-state index is 12.4. The van der Waals surface area contributed by atoms with Gasteiger partial charge in [0.1, 0.15) is 0 Å². The molecule has 0 aromatic heterocycles. The summed E-state index contributed by atoms with van der Waals surface area (Å²) >= 11 is 0. The van der Waals surface area contributed by atoms with Crippen LogP contribution >= 0.6 is 0 Å². The van der Waals surface area contributed by atoms with Gasteiger partial charge in [-0.25, -0.2) is 0 Å². The van der Waals surface area contributed by atoms with Crippen molar-refractivity contribution in [3.63, 3.8) is 0 Å². The Morgan fingerprint density at radius 1 is 1.00 bits per heavy atom. The molecule has 2 amide bonds. The molecular formula is C18H32N4O2. The number of amides is 2. The van der Waals surface area contributed by atoms with Crippen molar-refractivity contribution < 1.29 is 9.59 Å². The highest BCUT2D eigenvalue weighted by Gasteiger charge is 2.30. The third kappa shape index (κ3) is 4.70. The fourth-order valence-corrected chi connectivity index (χ4v) is 4.27. The Balaban J connectivity index is 1.34. The topological polar surface area (TPSA) is 64.7 Å². The van der Waals surface area contributed by atoms with Crippen LogP contribution in [-0.2, 0) is 9.59 Å². The summed E-state index contributed by atoms with van der Waals surface area (Å²) < 4.78 is 0.